The summed E-state index contributed by atoms with van der Waals surface area (Å²) in [4.78, 5) is 15.7. The number of rotatable bonds is 4. The van der Waals surface area contributed by atoms with Crippen molar-refractivity contribution in [3.63, 3.8) is 0 Å². The third-order valence-electron chi connectivity index (χ3n) is 3.86. The van der Waals surface area contributed by atoms with Gasteiger partial charge in [-0.15, -0.1) is 0 Å². The lowest BCUT2D eigenvalue weighted by atomic mass is 10.0. The smallest absolute Gasteiger partial charge is 0.241 e. The molecule has 0 spiro atoms. The molecule has 4 heteroatoms. The quantitative estimate of drug-likeness (QED) is 0.706. The van der Waals surface area contributed by atoms with Gasteiger partial charge in [0.05, 0.1) is 0 Å². The van der Waals surface area contributed by atoms with E-state index in [-0.39, 0.29) is 11.9 Å². The Morgan fingerprint density at radius 2 is 2.19 bits per heavy atom. The van der Waals surface area contributed by atoms with E-state index in [9.17, 15) is 4.79 Å². The van der Waals surface area contributed by atoms with Gasteiger partial charge in [0.15, 0.2) is 0 Å². The van der Waals surface area contributed by atoms with Crippen LogP contribution in [0.4, 0.5) is 0 Å². The highest BCUT2D eigenvalue weighted by atomic mass is 16.2. The largest absolute Gasteiger partial charge is 0.339 e. The Morgan fingerprint density at radius 3 is 2.81 bits per heavy atom. The van der Waals surface area contributed by atoms with E-state index in [2.05, 4.69) is 11.8 Å². The summed E-state index contributed by atoms with van der Waals surface area (Å²) in [5.41, 5.74) is 5.55. The molecule has 2 atom stereocenters. The molecular weight excluding hydrogens is 202 g/mol. The fourth-order valence-corrected chi connectivity index (χ4v) is 2.68. The lowest BCUT2D eigenvalue weighted by Gasteiger charge is -2.38. The summed E-state index contributed by atoms with van der Waals surface area (Å²) in [5, 5.41) is 0. The van der Waals surface area contributed by atoms with Gasteiger partial charge >= 0.3 is 0 Å². The number of β-lactam (4-membered cyclic amide) rings is 1. The van der Waals surface area contributed by atoms with E-state index in [0.717, 1.165) is 32.1 Å². The first-order chi connectivity index (χ1) is 7.68. The molecule has 0 radical (unpaired) electrons. The van der Waals surface area contributed by atoms with Crippen molar-refractivity contribution in [3.05, 3.63) is 0 Å². The molecule has 0 saturated carbocycles. The lowest BCUT2D eigenvalue weighted by Crippen LogP contribution is -2.61. The maximum Gasteiger partial charge on any atom is 0.241 e. The van der Waals surface area contributed by atoms with Gasteiger partial charge in [-0.3, -0.25) is 4.79 Å². The summed E-state index contributed by atoms with van der Waals surface area (Å²) < 4.78 is 0. The molecule has 0 bridgehead atoms. The van der Waals surface area contributed by atoms with E-state index >= 15 is 0 Å². The Morgan fingerprint density at radius 1 is 1.38 bits per heavy atom. The zero-order valence-electron chi connectivity index (χ0n) is 10.2. The van der Waals surface area contributed by atoms with Crippen LogP contribution >= 0.6 is 0 Å². The molecule has 0 aliphatic carbocycles. The van der Waals surface area contributed by atoms with Gasteiger partial charge < -0.3 is 15.5 Å². The average molecular weight is 225 g/mol. The van der Waals surface area contributed by atoms with E-state index in [0.29, 0.717) is 0 Å². The van der Waals surface area contributed by atoms with Gasteiger partial charge in [0.25, 0.3) is 0 Å². The van der Waals surface area contributed by atoms with Gasteiger partial charge in [-0.1, -0.05) is 6.42 Å². The molecule has 0 aromatic heterocycles. The summed E-state index contributed by atoms with van der Waals surface area (Å²) in [5.74, 6) is 0.131. The molecule has 2 aliphatic rings. The summed E-state index contributed by atoms with van der Waals surface area (Å²) in [6, 6.07) is 0.511. The van der Waals surface area contributed by atoms with E-state index in [1.165, 1.54) is 25.8 Å². The monoisotopic (exact) mass is 225 g/mol. The first kappa shape index (κ1) is 11.9. The molecule has 92 valence electrons. The van der Waals surface area contributed by atoms with Crippen molar-refractivity contribution in [3.8, 4) is 0 Å². The zero-order valence-corrected chi connectivity index (χ0v) is 10.2. The van der Waals surface area contributed by atoms with Crippen LogP contribution in [0.15, 0.2) is 0 Å². The van der Waals surface area contributed by atoms with Crippen LogP contribution < -0.4 is 5.73 Å². The van der Waals surface area contributed by atoms with E-state index in [4.69, 9.17) is 5.73 Å². The minimum Gasteiger partial charge on any atom is -0.339 e. The Bertz CT molecular complexity index is 257. The molecular formula is C12H23N3O. The Labute approximate surface area is 97.8 Å². The van der Waals surface area contributed by atoms with Crippen LogP contribution in [0.2, 0.25) is 0 Å². The van der Waals surface area contributed by atoms with E-state index in [1.807, 2.05) is 4.90 Å². The fraction of sp³-hybridized carbons (Fsp3) is 0.917. The zero-order chi connectivity index (χ0) is 11.5. The van der Waals surface area contributed by atoms with Gasteiger partial charge in [-0.25, -0.2) is 0 Å². The van der Waals surface area contributed by atoms with Crippen LogP contribution in [-0.2, 0) is 4.79 Å². The van der Waals surface area contributed by atoms with Crippen molar-refractivity contribution in [2.24, 2.45) is 5.73 Å². The molecule has 0 aromatic carbocycles. The molecule has 2 N–H and O–H groups in total. The average Bonchev–Trinajstić information content (AvgIpc) is 2.30. The van der Waals surface area contributed by atoms with Gasteiger partial charge in [0, 0.05) is 25.7 Å². The second-order valence-electron chi connectivity index (χ2n) is 5.13. The summed E-state index contributed by atoms with van der Waals surface area (Å²) in [6.07, 6.45) is 5.12. The normalized spacial score (nSPS) is 31.6. The maximum absolute atomic E-state index is 11.3. The van der Waals surface area contributed by atoms with Crippen LogP contribution in [-0.4, -0.2) is 54.0 Å². The first-order valence-electron chi connectivity index (χ1n) is 6.47. The second-order valence-corrected chi connectivity index (χ2v) is 5.13. The number of likely N-dealkylation sites (tertiary alicyclic amines) is 2. The number of nitrogens with two attached hydrogens (primary N) is 1. The number of carbonyl (C=O) groups excluding carboxylic acids is 1. The lowest BCUT2D eigenvalue weighted by molar-refractivity contribution is -0.142. The first-order valence-corrected chi connectivity index (χ1v) is 6.47. The molecule has 2 aliphatic heterocycles. The summed E-state index contributed by atoms with van der Waals surface area (Å²) in [7, 11) is 0. The van der Waals surface area contributed by atoms with Crippen LogP contribution in [0, 0.1) is 0 Å². The van der Waals surface area contributed by atoms with Gasteiger partial charge in [-0.2, -0.15) is 0 Å². The summed E-state index contributed by atoms with van der Waals surface area (Å²) in [6.45, 7) is 6.31. The van der Waals surface area contributed by atoms with Crippen LogP contribution in [0.5, 0.6) is 0 Å². The topological polar surface area (TPSA) is 49.6 Å². The van der Waals surface area contributed by atoms with Crippen molar-refractivity contribution < 1.29 is 4.79 Å². The molecule has 2 fully saturated rings. The third kappa shape index (κ3) is 2.55. The van der Waals surface area contributed by atoms with Crippen LogP contribution in [0.1, 0.15) is 32.6 Å². The van der Waals surface area contributed by atoms with Crippen LogP contribution in [0.3, 0.4) is 0 Å². The molecule has 2 heterocycles. The molecule has 2 saturated heterocycles. The van der Waals surface area contributed by atoms with Gasteiger partial charge in [0.1, 0.15) is 6.04 Å². The minimum absolute atomic E-state index is 0.131. The van der Waals surface area contributed by atoms with Crippen molar-refractivity contribution in [1.29, 1.82) is 0 Å². The minimum atomic E-state index is -0.214. The number of hydrogen-bond acceptors (Lipinski definition) is 3. The van der Waals surface area contributed by atoms with Crippen molar-refractivity contribution in [1.82, 2.24) is 9.80 Å². The maximum atomic E-state index is 11.3. The Kier molecular flexibility index (Phi) is 3.82. The molecule has 0 aromatic rings. The predicted octanol–water partition coefficient (Wildman–Crippen LogP) is 0.420. The molecule has 2 unspecified atom stereocenters. The fourth-order valence-electron chi connectivity index (χ4n) is 2.68. The van der Waals surface area contributed by atoms with Crippen molar-refractivity contribution in [2.75, 3.05) is 26.2 Å². The van der Waals surface area contributed by atoms with E-state index < -0.39 is 0 Å². The standard InChI is InChI=1S/C12H23N3O/c1-10-5-2-3-6-14(10)7-4-8-15-9-11(13)12(15)16/h10-11H,2-9,13H2,1H3. The highest BCUT2D eigenvalue weighted by Crippen LogP contribution is 2.17. The molecule has 1 amide bonds. The number of carbonyl (C=O) groups is 1. The molecule has 16 heavy (non-hydrogen) atoms. The predicted molar refractivity (Wildman–Crippen MR) is 64.1 cm³/mol. The summed E-state index contributed by atoms with van der Waals surface area (Å²) >= 11 is 0. The number of nitrogens with zero attached hydrogens (tertiary/aromatic N) is 2. The van der Waals surface area contributed by atoms with Gasteiger partial charge in [0.2, 0.25) is 5.91 Å². The second kappa shape index (κ2) is 5.15. The third-order valence-corrected chi connectivity index (χ3v) is 3.86. The highest BCUT2D eigenvalue weighted by Gasteiger charge is 2.32. The number of amides is 1. The molecule has 4 nitrogen and oxygen atoms in total. The Balaban J connectivity index is 1.62. The van der Waals surface area contributed by atoms with Gasteiger partial charge in [-0.05, 0) is 32.7 Å². The molecule has 2 rings (SSSR count). The number of hydrogen-bond donors (Lipinski definition) is 1. The highest BCUT2D eigenvalue weighted by molar-refractivity contribution is 5.87. The Hall–Kier alpha value is -0.610. The van der Waals surface area contributed by atoms with Crippen molar-refractivity contribution >= 4 is 5.91 Å². The van der Waals surface area contributed by atoms with Crippen molar-refractivity contribution in [2.45, 2.75) is 44.7 Å². The number of piperidine rings is 1. The van der Waals surface area contributed by atoms with Crippen LogP contribution in [0.25, 0.3) is 0 Å². The SMILES string of the molecule is CC1CCCCN1CCCN1CC(N)C1=O. The van der Waals surface area contributed by atoms with E-state index in [1.54, 1.807) is 0 Å².